The van der Waals surface area contributed by atoms with Gasteiger partial charge in [-0.25, -0.2) is 5.43 Å². The topological polar surface area (TPSA) is 53.5 Å². The molecule has 3 rings (SSSR count). The predicted octanol–water partition coefficient (Wildman–Crippen LogP) is 4.66. The summed E-state index contributed by atoms with van der Waals surface area (Å²) in [6.07, 6.45) is 3.99. The SMILES string of the molecule is C=C(C)[C@H]1CC=C(C)/C(=N\NC(=O)CNc2cccc3ccccc23)C1. The van der Waals surface area contributed by atoms with Crippen molar-refractivity contribution in [2.24, 2.45) is 11.0 Å². The molecule has 0 heterocycles. The molecule has 2 aromatic rings. The molecule has 1 amide bonds. The number of rotatable bonds is 5. The molecule has 0 bridgehead atoms. The van der Waals surface area contributed by atoms with E-state index in [1.807, 2.05) is 44.2 Å². The zero-order valence-electron chi connectivity index (χ0n) is 15.4. The van der Waals surface area contributed by atoms with Gasteiger partial charge in [0.1, 0.15) is 0 Å². The Morgan fingerprint density at radius 1 is 1.23 bits per heavy atom. The van der Waals surface area contributed by atoms with Crippen LogP contribution in [0.2, 0.25) is 0 Å². The van der Waals surface area contributed by atoms with Crippen molar-refractivity contribution in [1.82, 2.24) is 5.43 Å². The molecular weight excluding hydrogens is 322 g/mol. The number of benzene rings is 2. The van der Waals surface area contributed by atoms with Crippen molar-refractivity contribution in [3.05, 3.63) is 66.3 Å². The second-order valence-electron chi connectivity index (χ2n) is 6.84. The maximum absolute atomic E-state index is 12.2. The largest absolute Gasteiger partial charge is 0.376 e. The zero-order valence-corrected chi connectivity index (χ0v) is 15.4. The van der Waals surface area contributed by atoms with Crippen molar-refractivity contribution >= 4 is 28.1 Å². The van der Waals surface area contributed by atoms with Gasteiger partial charge in [0.2, 0.25) is 0 Å². The first-order valence-electron chi connectivity index (χ1n) is 8.94. The molecular formula is C22H25N3O. The number of hydrazone groups is 1. The minimum atomic E-state index is -0.157. The molecule has 1 atom stereocenters. The van der Waals surface area contributed by atoms with Crippen LogP contribution in [0.15, 0.2) is 71.4 Å². The van der Waals surface area contributed by atoms with Gasteiger partial charge < -0.3 is 5.32 Å². The van der Waals surface area contributed by atoms with Crippen LogP contribution in [0.3, 0.4) is 0 Å². The minimum Gasteiger partial charge on any atom is -0.376 e. The highest BCUT2D eigenvalue weighted by molar-refractivity contribution is 6.01. The number of hydrogen-bond acceptors (Lipinski definition) is 3. The summed E-state index contributed by atoms with van der Waals surface area (Å²) >= 11 is 0. The van der Waals surface area contributed by atoms with Crippen molar-refractivity contribution in [2.75, 3.05) is 11.9 Å². The summed E-state index contributed by atoms with van der Waals surface area (Å²) in [7, 11) is 0. The lowest BCUT2D eigenvalue weighted by Crippen LogP contribution is -2.28. The monoisotopic (exact) mass is 347 g/mol. The Balaban J connectivity index is 1.61. The second-order valence-corrected chi connectivity index (χ2v) is 6.84. The van der Waals surface area contributed by atoms with Crippen LogP contribution in [0.4, 0.5) is 5.69 Å². The second kappa shape index (κ2) is 8.00. The first-order valence-corrected chi connectivity index (χ1v) is 8.94. The minimum absolute atomic E-state index is 0.157. The number of nitrogens with one attached hydrogen (secondary N) is 2. The average Bonchev–Trinajstić information content (AvgIpc) is 2.65. The molecule has 0 fully saturated rings. The van der Waals surface area contributed by atoms with Crippen LogP contribution in [0.25, 0.3) is 10.8 Å². The van der Waals surface area contributed by atoms with Crippen molar-refractivity contribution < 1.29 is 4.79 Å². The van der Waals surface area contributed by atoms with Gasteiger partial charge in [0.25, 0.3) is 5.91 Å². The first-order chi connectivity index (χ1) is 12.5. The van der Waals surface area contributed by atoms with E-state index in [2.05, 4.69) is 40.6 Å². The molecule has 4 nitrogen and oxygen atoms in total. The quantitative estimate of drug-likeness (QED) is 0.611. The van der Waals surface area contributed by atoms with Crippen LogP contribution < -0.4 is 10.7 Å². The van der Waals surface area contributed by atoms with Gasteiger partial charge in [-0.2, -0.15) is 5.10 Å². The highest BCUT2D eigenvalue weighted by atomic mass is 16.2. The van der Waals surface area contributed by atoms with Gasteiger partial charge in [-0.05, 0) is 49.6 Å². The number of amides is 1. The molecule has 26 heavy (non-hydrogen) atoms. The van der Waals surface area contributed by atoms with E-state index in [1.54, 1.807) is 0 Å². The summed E-state index contributed by atoms with van der Waals surface area (Å²) in [6, 6.07) is 14.1. The standard InChI is InChI=1S/C22H25N3O/c1-15(2)18-12-11-16(3)21(13-18)24-25-22(26)14-23-20-10-6-8-17-7-4-5-9-19(17)20/h4-11,18,23H,1,12-14H2,2-3H3,(H,25,26)/b24-21-/t18-/m0/s1. The Hall–Kier alpha value is -2.88. The molecule has 0 aromatic heterocycles. The maximum atomic E-state index is 12.2. The number of fused-ring (bicyclic) bond motifs is 1. The molecule has 2 N–H and O–H groups in total. The maximum Gasteiger partial charge on any atom is 0.259 e. The fourth-order valence-electron chi connectivity index (χ4n) is 3.15. The summed E-state index contributed by atoms with van der Waals surface area (Å²) in [5, 5.41) is 9.79. The smallest absolute Gasteiger partial charge is 0.259 e. The van der Waals surface area contributed by atoms with Crippen LogP contribution in [-0.2, 0) is 4.79 Å². The number of anilines is 1. The Morgan fingerprint density at radius 3 is 2.81 bits per heavy atom. The molecule has 134 valence electrons. The number of hydrogen-bond donors (Lipinski definition) is 2. The third kappa shape index (κ3) is 4.20. The van der Waals surface area contributed by atoms with Gasteiger partial charge in [-0.15, -0.1) is 0 Å². The van der Waals surface area contributed by atoms with Gasteiger partial charge in [0.05, 0.1) is 12.3 Å². The Labute approximate surface area is 154 Å². The van der Waals surface area contributed by atoms with Gasteiger partial charge in [-0.3, -0.25) is 4.79 Å². The zero-order chi connectivity index (χ0) is 18.5. The fraction of sp³-hybridized carbons (Fsp3) is 0.273. The van der Waals surface area contributed by atoms with E-state index in [4.69, 9.17) is 0 Å². The number of carbonyl (C=O) groups excluding carboxylic acids is 1. The van der Waals surface area contributed by atoms with Crippen molar-refractivity contribution in [1.29, 1.82) is 0 Å². The van der Waals surface area contributed by atoms with Gasteiger partial charge in [-0.1, -0.05) is 54.6 Å². The normalized spacial score (nSPS) is 18.5. The van der Waals surface area contributed by atoms with E-state index >= 15 is 0 Å². The summed E-state index contributed by atoms with van der Waals surface area (Å²) in [5.41, 5.74) is 6.84. The summed E-state index contributed by atoms with van der Waals surface area (Å²) < 4.78 is 0. The highest BCUT2D eigenvalue weighted by Crippen LogP contribution is 2.26. The van der Waals surface area contributed by atoms with Crippen molar-refractivity contribution in [3.8, 4) is 0 Å². The van der Waals surface area contributed by atoms with Crippen molar-refractivity contribution in [3.63, 3.8) is 0 Å². The van der Waals surface area contributed by atoms with E-state index in [-0.39, 0.29) is 12.5 Å². The van der Waals surface area contributed by atoms with Crippen molar-refractivity contribution in [2.45, 2.75) is 26.7 Å². The summed E-state index contributed by atoms with van der Waals surface area (Å²) in [6.45, 7) is 8.30. The third-order valence-corrected chi connectivity index (χ3v) is 4.85. The summed E-state index contributed by atoms with van der Waals surface area (Å²) in [5.74, 6) is 0.249. The number of nitrogens with zero attached hydrogens (tertiary/aromatic N) is 1. The molecule has 2 aromatic carbocycles. The lowest BCUT2D eigenvalue weighted by atomic mass is 9.85. The molecule has 0 aliphatic heterocycles. The molecule has 4 heteroatoms. The molecule has 1 aliphatic rings. The highest BCUT2D eigenvalue weighted by Gasteiger charge is 2.18. The summed E-state index contributed by atoms with van der Waals surface area (Å²) in [4.78, 5) is 12.2. The van der Waals surface area contributed by atoms with Crippen LogP contribution in [0, 0.1) is 5.92 Å². The van der Waals surface area contributed by atoms with Crippen LogP contribution >= 0.6 is 0 Å². The van der Waals surface area contributed by atoms with E-state index in [0.29, 0.717) is 5.92 Å². The van der Waals surface area contributed by atoms with Gasteiger partial charge >= 0.3 is 0 Å². The molecule has 0 saturated carbocycles. The lowest BCUT2D eigenvalue weighted by molar-refractivity contribution is -0.119. The molecule has 0 spiro atoms. The molecule has 0 saturated heterocycles. The Kier molecular flexibility index (Phi) is 5.52. The van der Waals surface area contributed by atoms with E-state index < -0.39 is 0 Å². The van der Waals surface area contributed by atoms with Gasteiger partial charge in [0.15, 0.2) is 0 Å². The van der Waals surface area contributed by atoms with Crippen LogP contribution in [0.1, 0.15) is 26.7 Å². The third-order valence-electron chi connectivity index (χ3n) is 4.85. The first kappa shape index (κ1) is 17.9. The van der Waals surface area contributed by atoms with Crippen LogP contribution in [0.5, 0.6) is 0 Å². The van der Waals surface area contributed by atoms with E-state index in [9.17, 15) is 4.79 Å². The van der Waals surface area contributed by atoms with E-state index in [1.165, 1.54) is 0 Å². The fourth-order valence-corrected chi connectivity index (χ4v) is 3.15. The average molecular weight is 347 g/mol. The molecule has 0 unspecified atom stereocenters. The Morgan fingerprint density at radius 2 is 2.00 bits per heavy atom. The Bertz CT molecular complexity index is 890. The van der Waals surface area contributed by atoms with Crippen LogP contribution in [-0.4, -0.2) is 18.2 Å². The number of carbonyl (C=O) groups is 1. The van der Waals surface area contributed by atoms with Gasteiger partial charge in [0, 0.05) is 11.1 Å². The number of allylic oxidation sites excluding steroid dienone is 3. The predicted molar refractivity (Wildman–Crippen MR) is 109 cm³/mol. The molecule has 1 aliphatic carbocycles. The lowest BCUT2D eigenvalue weighted by Gasteiger charge is -2.22. The molecule has 0 radical (unpaired) electrons. The van der Waals surface area contributed by atoms with E-state index in [0.717, 1.165) is 46.2 Å².